The average Bonchev–Trinajstić information content (AvgIpc) is 2.72. The van der Waals surface area contributed by atoms with E-state index in [1.807, 2.05) is 107 Å². The van der Waals surface area contributed by atoms with Crippen LogP contribution in [0.2, 0.25) is 0 Å². The maximum Gasteiger partial charge on any atom is 0.497 e. The summed E-state index contributed by atoms with van der Waals surface area (Å²) < 4.78 is 6.04. The quantitative estimate of drug-likeness (QED) is 0.252. The second-order valence-electron chi connectivity index (χ2n) is 18.5. The third-order valence-electron chi connectivity index (χ3n) is 7.99. The summed E-state index contributed by atoms with van der Waals surface area (Å²) in [5, 5.41) is 0.544. The van der Waals surface area contributed by atoms with Gasteiger partial charge in [0, 0.05) is 26.6 Å². The number of rotatable bonds is 4. The maximum absolute atomic E-state index is 12.1. The summed E-state index contributed by atoms with van der Waals surface area (Å²) in [4.78, 5) is 48.4. The summed E-state index contributed by atoms with van der Waals surface area (Å²) in [5.74, 6) is 0. The molecule has 7 heteroatoms. The van der Waals surface area contributed by atoms with E-state index >= 15 is 0 Å². The predicted octanol–water partition coefficient (Wildman–Crippen LogP) is 8.93. The van der Waals surface area contributed by atoms with E-state index in [0.717, 1.165) is 33.4 Å². The molecule has 2 aromatic carbocycles. The van der Waals surface area contributed by atoms with Gasteiger partial charge in [0.25, 0.3) is 0 Å². The average molecular weight is 637 g/mol. The van der Waals surface area contributed by atoms with Crippen LogP contribution in [0, 0.1) is 0 Å². The lowest BCUT2D eigenvalue weighted by atomic mass is 9.75. The van der Waals surface area contributed by atoms with Gasteiger partial charge in [-0.25, -0.2) is 0 Å². The monoisotopic (exact) mass is 636 g/mol. The molecular weight excluding hydrogens is 574 g/mol. The van der Waals surface area contributed by atoms with E-state index in [-0.39, 0.29) is 21.4 Å². The normalized spacial score (nSPS) is 14.8. The number of hydrogen-bond acceptors (Lipinski definition) is 5. The van der Waals surface area contributed by atoms with Crippen LogP contribution < -0.4 is 10.6 Å². The Morgan fingerprint density at radius 2 is 0.558 bits per heavy atom. The van der Waals surface area contributed by atoms with Crippen molar-refractivity contribution in [1.82, 2.24) is 0 Å². The Morgan fingerprint density at radius 1 is 0.372 bits per heavy atom. The summed E-state index contributed by atoms with van der Waals surface area (Å²) in [5.41, 5.74) is 2.78. The Balaban J connectivity index is 3.06. The first-order valence-electron chi connectivity index (χ1n) is 15.4. The standard InChI is InChI=1S/C36H62O5P2/c1-31(2,3)23-19-25(33(7,8)9)29(26(20-23)34(10,11)12)42(37,38)41-43(39,40)30-27(35(13,14)15)21-24(32(4,5)6)22-28(30)36(16,17)18/h19-22,37-40H,1-18H3/q+2. The van der Waals surface area contributed by atoms with Crippen molar-refractivity contribution in [2.24, 2.45) is 0 Å². The highest BCUT2D eigenvalue weighted by atomic mass is 31.3. The highest BCUT2D eigenvalue weighted by molar-refractivity contribution is 7.80. The Labute approximate surface area is 264 Å². The molecular formula is C36H62O5P2+2. The van der Waals surface area contributed by atoms with Gasteiger partial charge >= 0.3 is 15.9 Å². The van der Waals surface area contributed by atoms with E-state index in [4.69, 9.17) is 4.31 Å². The molecule has 0 aliphatic carbocycles. The third kappa shape index (κ3) is 8.68. The molecule has 0 atom stereocenters. The minimum absolute atomic E-state index is 0.186. The van der Waals surface area contributed by atoms with Crippen LogP contribution in [-0.2, 0) is 36.8 Å². The van der Waals surface area contributed by atoms with E-state index in [1.165, 1.54) is 0 Å². The minimum Gasteiger partial charge on any atom is -0.185 e. The van der Waals surface area contributed by atoms with Crippen LogP contribution in [0.5, 0.6) is 0 Å². The van der Waals surface area contributed by atoms with Gasteiger partial charge in [-0.1, -0.05) is 149 Å². The second kappa shape index (κ2) is 11.4. The first-order valence-corrected chi connectivity index (χ1v) is 18.6. The fraction of sp³-hybridized carbons (Fsp3) is 0.667. The van der Waals surface area contributed by atoms with E-state index in [2.05, 4.69) is 41.5 Å². The Morgan fingerprint density at radius 3 is 0.698 bits per heavy atom. The molecule has 244 valence electrons. The molecule has 2 rings (SSSR count). The summed E-state index contributed by atoms with van der Waals surface area (Å²) in [7, 11) is -9.12. The fourth-order valence-corrected chi connectivity index (χ4v) is 10.1. The smallest absolute Gasteiger partial charge is 0.185 e. The lowest BCUT2D eigenvalue weighted by Gasteiger charge is -2.34. The van der Waals surface area contributed by atoms with Crippen molar-refractivity contribution in [3.05, 3.63) is 57.6 Å². The van der Waals surface area contributed by atoms with Gasteiger partial charge in [0.05, 0.1) is 0 Å². The minimum atomic E-state index is -4.56. The SMILES string of the molecule is CC(C)(C)c1cc(C(C)(C)C)c([P+](O)(O)O[P+](O)(O)c2c(C(C)(C)C)cc(C(C)(C)C)cc2C(C)(C)C)c(C(C)(C)C)c1. The van der Waals surface area contributed by atoms with Crippen molar-refractivity contribution in [3.63, 3.8) is 0 Å². The molecule has 0 saturated heterocycles. The van der Waals surface area contributed by atoms with Gasteiger partial charge in [-0.2, -0.15) is 19.6 Å². The lowest BCUT2D eigenvalue weighted by Crippen LogP contribution is -2.37. The Hall–Kier alpha value is -0.900. The van der Waals surface area contributed by atoms with Gasteiger partial charge in [0.2, 0.25) is 0 Å². The largest absolute Gasteiger partial charge is 0.497 e. The molecule has 5 nitrogen and oxygen atoms in total. The molecule has 0 radical (unpaired) electrons. The summed E-state index contributed by atoms with van der Waals surface area (Å²) >= 11 is 0. The molecule has 2 aromatic rings. The van der Waals surface area contributed by atoms with E-state index in [9.17, 15) is 19.6 Å². The van der Waals surface area contributed by atoms with Crippen LogP contribution >= 0.6 is 15.9 Å². The van der Waals surface area contributed by atoms with Crippen LogP contribution in [0.15, 0.2) is 24.3 Å². The van der Waals surface area contributed by atoms with E-state index in [0.29, 0.717) is 0 Å². The Kier molecular flexibility index (Phi) is 10.2. The zero-order valence-electron chi connectivity index (χ0n) is 30.4. The van der Waals surface area contributed by atoms with Gasteiger partial charge < -0.3 is 0 Å². The lowest BCUT2D eigenvalue weighted by molar-refractivity contribution is 0.296. The maximum atomic E-state index is 12.1. The molecule has 0 heterocycles. The molecule has 0 spiro atoms. The van der Waals surface area contributed by atoms with Crippen LogP contribution in [0.25, 0.3) is 0 Å². The molecule has 0 aliphatic rings. The zero-order valence-corrected chi connectivity index (χ0v) is 32.2. The van der Waals surface area contributed by atoms with Crippen molar-refractivity contribution >= 4 is 26.5 Å². The number of hydrogen-bond donors (Lipinski definition) is 4. The van der Waals surface area contributed by atoms with Gasteiger partial charge in [-0.05, 0) is 43.6 Å². The van der Waals surface area contributed by atoms with Crippen molar-refractivity contribution in [1.29, 1.82) is 0 Å². The molecule has 0 aromatic heterocycles. The van der Waals surface area contributed by atoms with Crippen molar-refractivity contribution < 1.29 is 23.9 Å². The zero-order chi connectivity index (χ0) is 34.2. The Bertz CT molecular complexity index is 1160. The predicted molar refractivity (Wildman–Crippen MR) is 188 cm³/mol. The van der Waals surface area contributed by atoms with Crippen LogP contribution in [0.1, 0.15) is 158 Å². The molecule has 0 bridgehead atoms. The first kappa shape index (κ1) is 38.3. The number of benzene rings is 2. The van der Waals surface area contributed by atoms with Gasteiger partial charge in [0.15, 0.2) is 10.6 Å². The van der Waals surface area contributed by atoms with Gasteiger partial charge in [-0.3, -0.25) is 0 Å². The summed E-state index contributed by atoms with van der Waals surface area (Å²) in [6.45, 7) is 37.2. The van der Waals surface area contributed by atoms with E-state index < -0.39 is 37.5 Å². The van der Waals surface area contributed by atoms with Crippen LogP contribution in [0.4, 0.5) is 0 Å². The van der Waals surface area contributed by atoms with Crippen molar-refractivity contribution in [3.8, 4) is 0 Å². The molecule has 0 amide bonds. The van der Waals surface area contributed by atoms with Crippen molar-refractivity contribution in [2.75, 3.05) is 0 Å². The molecule has 0 unspecified atom stereocenters. The van der Waals surface area contributed by atoms with Crippen LogP contribution in [-0.4, -0.2) is 19.6 Å². The molecule has 0 saturated carbocycles. The summed E-state index contributed by atoms with van der Waals surface area (Å²) in [6, 6.07) is 8.12. The summed E-state index contributed by atoms with van der Waals surface area (Å²) in [6.07, 6.45) is 0. The van der Waals surface area contributed by atoms with E-state index in [1.54, 1.807) is 0 Å². The third-order valence-corrected chi connectivity index (χ3v) is 11.9. The molecule has 43 heavy (non-hydrogen) atoms. The van der Waals surface area contributed by atoms with Gasteiger partial charge in [0.1, 0.15) is 0 Å². The topological polar surface area (TPSA) is 90.2 Å². The first-order chi connectivity index (χ1) is 18.6. The molecule has 0 fully saturated rings. The highest BCUT2D eigenvalue weighted by Gasteiger charge is 2.63. The second-order valence-corrected chi connectivity index (χ2v) is 22.2. The molecule has 4 N–H and O–H groups in total. The van der Waals surface area contributed by atoms with Crippen LogP contribution in [0.3, 0.4) is 0 Å². The fourth-order valence-electron chi connectivity index (χ4n) is 5.29. The van der Waals surface area contributed by atoms with Gasteiger partial charge in [-0.15, -0.1) is 0 Å². The van der Waals surface area contributed by atoms with Crippen molar-refractivity contribution in [2.45, 2.75) is 157 Å². The highest BCUT2D eigenvalue weighted by Crippen LogP contribution is 2.70. The molecule has 0 aliphatic heterocycles.